The van der Waals surface area contributed by atoms with Crippen LogP contribution in [0.2, 0.25) is 0 Å². The molecule has 1 aromatic carbocycles. The van der Waals surface area contributed by atoms with Crippen molar-refractivity contribution in [1.29, 1.82) is 0 Å². The van der Waals surface area contributed by atoms with Gasteiger partial charge in [0.1, 0.15) is 0 Å². The van der Waals surface area contributed by atoms with Crippen LogP contribution in [0.1, 0.15) is 49.8 Å². The number of aliphatic carboxylic acids is 1. The van der Waals surface area contributed by atoms with Gasteiger partial charge in [-0.25, -0.2) is 0 Å². The first-order valence-electron chi connectivity index (χ1n) is 6.61. The van der Waals surface area contributed by atoms with Gasteiger partial charge in [0.25, 0.3) is 0 Å². The molecule has 4 nitrogen and oxygen atoms in total. The summed E-state index contributed by atoms with van der Waals surface area (Å²) in [6.45, 7) is 3.94. The lowest BCUT2D eigenvalue weighted by Crippen LogP contribution is -2.30. The number of aryl methyl sites for hydroxylation is 1. The minimum atomic E-state index is -0.913. The van der Waals surface area contributed by atoms with Crippen LogP contribution >= 0.6 is 0 Å². The molecule has 1 atom stereocenters. The predicted molar refractivity (Wildman–Crippen MR) is 73.8 cm³/mol. The summed E-state index contributed by atoms with van der Waals surface area (Å²) in [6.07, 6.45) is 2.11. The first kappa shape index (κ1) is 15.2. The molecule has 1 rings (SSSR count). The van der Waals surface area contributed by atoms with E-state index in [4.69, 9.17) is 5.11 Å². The summed E-state index contributed by atoms with van der Waals surface area (Å²) in [7, 11) is 0. The third-order valence-corrected chi connectivity index (χ3v) is 3.04. The van der Waals surface area contributed by atoms with Gasteiger partial charge in [0, 0.05) is 6.42 Å². The highest BCUT2D eigenvalue weighted by molar-refractivity contribution is 5.77. The summed E-state index contributed by atoms with van der Waals surface area (Å²) >= 11 is 0. The number of carbonyl (C=O) groups excluding carboxylic acids is 1. The predicted octanol–water partition coefficient (Wildman–Crippen LogP) is 2.82. The molecule has 0 spiro atoms. The topological polar surface area (TPSA) is 66.4 Å². The minimum absolute atomic E-state index is 0.0867. The Balaban J connectivity index is 2.80. The smallest absolute Gasteiger partial charge is 0.305 e. The number of hydrogen-bond donors (Lipinski definition) is 2. The standard InChI is InChI=1S/C15H21NO3/c1-3-4-9-14(17)16-13(10-15(18)19)12-8-6-5-7-11(12)2/h5-8,13H,3-4,9-10H2,1-2H3,(H,16,17)(H,18,19)/t13-/m1/s1. The maximum absolute atomic E-state index is 11.8. The number of nitrogens with one attached hydrogen (secondary N) is 1. The highest BCUT2D eigenvalue weighted by Gasteiger charge is 2.19. The Morgan fingerprint density at radius 3 is 2.58 bits per heavy atom. The van der Waals surface area contributed by atoms with Gasteiger partial charge in [0.2, 0.25) is 5.91 Å². The molecular weight excluding hydrogens is 242 g/mol. The van der Waals surface area contributed by atoms with E-state index in [2.05, 4.69) is 5.32 Å². The zero-order chi connectivity index (χ0) is 14.3. The third kappa shape index (κ3) is 5.12. The van der Waals surface area contributed by atoms with E-state index in [1.807, 2.05) is 38.1 Å². The number of carboxylic acid groups (broad SMARTS) is 1. The number of rotatable bonds is 7. The van der Waals surface area contributed by atoms with Gasteiger partial charge < -0.3 is 10.4 Å². The summed E-state index contributed by atoms with van der Waals surface area (Å²) in [5.41, 5.74) is 1.86. The van der Waals surface area contributed by atoms with Crippen molar-refractivity contribution in [1.82, 2.24) is 5.32 Å². The van der Waals surface area contributed by atoms with Crippen LogP contribution in [-0.2, 0) is 9.59 Å². The van der Waals surface area contributed by atoms with Crippen LogP contribution in [0.25, 0.3) is 0 Å². The van der Waals surface area contributed by atoms with Gasteiger partial charge in [-0.3, -0.25) is 9.59 Å². The zero-order valence-electron chi connectivity index (χ0n) is 11.5. The van der Waals surface area contributed by atoms with Crippen molar-refractivity contribution in [2.45, 2.75) is 45.6 Å². The van der Waals surface area contributed by atoms with Gasteiger partial charge in [-0.2, -0.15) is 0 Å². The molecule has 1 amide bonds. The molecule has 1 aromatic rings. The number of amides is 1. The lowest BCUT2D eigenvalue weighted by atomic mass is 9.98. The van der Waals surface area contributed by atoms with E-state index < -0.39 is 12.0 Å². The van der Waals surface area contributed by atoms with Crippen LogP contribution in [0.3, 0.4) is 0 Å². The average molecular weight is 263 g/mol. The van der Waals surface area contributed by atoms with E-state index in [1.165, 1.54) is 0 Å². The van der Waals surface area contributed by atoms with Crippen LogP contribution in [0.15, 0.2) is 24.3 Å². The maximum Gasteiger partial charge on any atom is 0.305 e. The molecule has 0 unspecified atom stereocenters. The number of carbonyl (C=O) groups is 2. The molecular formula is C15H21NO3. The Morgan fingerprint density at radius 1 is 1.32 bits per heavy atom. The van der Waals surface area contributed by atoms with E-state index >= 15 is 0 Å². The van der Waals surface area contributed by atoms with Crippen molar-refractivity contribution in [3.63, 3.8) is 0 Å². The molecule has 0 aliphatic rings. The van der Waals surface area contributed by atoms with Gasteiger partial charge in [0.15, 0.2) is 0 Å². The molecule has 2 N–H and O–H groups in total. The largest absolute Gasteiger partial charge is 0.481 e. The Labute approximate surface area is 113 Å². The van der Waals surface area contributed by atoms with E-state index in [0.717, 1.165) is 24.0 Å². The molecule has 0 radical (unpaired) electrons. The summed E-state index contributed by atoms with van der Waals surface area (Å²) in [5.74, 6) is -1.000. The average Bonchev–Trinajstić information content (AvgIpc) is 2.35. The quantitative estimate of drug-likeness (QED) is 0.795. The fourth-order valence-electron chi connectivity index (χ4n) is 1.99. The van der Waals surface area contributed by atoms with Crippen molar-refractivity contribution in [3.05, 3.63) is 35.4 Å². The molecule has 0 fully saturated rings. The number of unbranched alkanes of at least 4 members (excludes halogenated alkanes) is 1. The summed E-state index contributed by atoms with van der Waals surface area (Å²) in [4.78, 5) is 22.7. The van der Waals surface area contributed by atoms with Crippen LogP contribution in [-0.4, -0.2) is 17.0 Å². The molecule has 0 aliphatic carbocycles. The Kier molecular flexibility index (Phi) is 6.06. The highest BCUT2D eigenvalue weighted by atomic mass is 16.4. The first-order chi connectivity index (χ1) is 9.04. The van der Waals surface area contributed by atoms with Crippen LogP contribution in [0.5, 0.6) is 0 Å². The normalized spacial score (nSPS) is 11.9. The van der Waals surface area contributed by atoms with Crippen molar-refractivity contribution < 1.29 is 14.7 Å². The molecule has 0 saturated heterocycles. The Bertz CT molecular complexity index is 443. The molecule has 0 heterocycles. The molecule has 0 bridgehead atoms. The summed E-state index contributed by atoms with van der Waals surface area (Å²) in [5, 5.41) is 11.8. The van der Waals surface area contributed by atoms with Crippen molar-refractivity contribution in [2.75, 3.05) is 0 Å². The van der Waals surface area contributed by atoms with Gasteiger partial charge in [-0.05, 0) is 24.5 Å². The van der Waals surface area contributed by atoms with Crippen LogP contribution in [0, 0.1) is 6.92 Å². The van der Waals surface area contributed by atoms with Gasteiger partial charge in [0.05, 0.1) is 12.5 Å². The van der Waals surface area contributed by atoms with Crippen LogP contribution in [0.4, 0.5) is 0 Å². The van der Waals surface area contributed by atoms with Crippen molar-refractivity contribution in [3.8, 4) is 0 Å². The number of carboxylic acids is 1. The van der Waals surface area contributed by atoms with E-state index in [1.54, 1.807) is 0 Å². The second kappa shape index (κ2) is 7.56. The van der Waals surface area contributed by atoms with E-state index in [0.29, 0.717) is 6.42 Å². The SMILES string of the molecule is CCCCC(=O)N[C@H](CC(=O)O)c1ccccc1C. The molecule has 104 valence electrons. The zero-order valence-corrected chi connectivity index (χ0v) is 11.5. The third-order valence-electron chi connectivity index (χ3n) is 3.04. The van der Waals surface area contributed by atoms with Gasteiger partial charge >= 0.3 is 5.97 Å². The number of hydrogen-bond acceptors (Lipinski definition) is 2. The molecule has 0 saturated carbocycles. The fraction of sp³-hybridized carbons (Fsp3) is 0.467. The summed E-state index contributed by atoms with van der Waals surface area (Å²) in [6, 6.07) is 7.08. The number of benzene rings is 1. The van der Waals surface area contributed by atoms with Crippen LogP contribution < -0.4 is 5.32 Å². The lowest BCUT2D eigenvalue weighted by Gasteiger charge is -2.19. The fourth-order valence-corrected chi connectivity index (χ4v) is 1.99. The highest BCUT2D eigenvalue weighted by Crippen LogP contribution is 2.20. The van der Waals surface area contributed by atoms with E-state index in [-0.39, 0.29) is 12.3 Å². The first-order valence-corrected chi connectivity index (χ1v) is 6.61. The lowest BCUT2D eigenvalue weighted by molar-refractivity contribution is -0.137. The molecule has 0 aliphatic heterocycles. The van der Waals surface area contributed by atoms with Crippen molar-refractivity contribution in [2.24, 2.45) is 0 Å². The Hall–Kier alpha value is -1.84. The van der Waals surface area contributed by atoms with Gasteiger partial charge in [-0.15, -0.1) is 0 Å². The maximum atomic E-state index is 11.8. The monoisotopic (exact) mass is 263 g/mol. The van der Waals surface area contributed by atoms with Gasteiger partial charge in [-0.1, -0.05) is 37.6 Å². The van der Waals surface area contributed by atoms with Crippen molar-refractivity contribution >= 4 is 11.9 Å². The molecule has 0 aromatic heterocycles. The molecule has 19 heavy (non-hydrogen) atoms. The second-order valence-corrected chi connectivity index (χ2v) is 4.68. The second-order valence-electron chi connectivity index (χ2n) is 4.68. The van der Waals surface area contributed by atoms with E-state index in [9.17, 15) is 9.59 Å². The molecule has 4 heteroatoms. The Morgan fingerprint density at radius 2 is 2.00 bits per heavy atom. The minimum Gasteiger partial charge on any atom is -0.481 e. The summed E-state index contributed by atoms with van der Waals surface area (Å²) < 4.78 is 0.